The van der Waals surface area contributed by atoms with Crippen molar-refractivity contribution >= 4 is 52.2 Å². The molecule has 0 bridgehead atoms. The van der Waals surface area contributed by atoms with Crippen LogP contribution in [0.15, 0.2) is 29.9 Å². The summed E-state index contributed by atoms with van der Waals surface area (Å²) in [6, 6.07) is 1.77. The van der Waals surface area contributed by atoms with Crippen molar-refractivity contribution in [3.8, 4) is 0 Å². The van der Waals surface area contributed by atoms with Gasteiger partial charge >= 0.3 is 0 Å². The molecule has 0 spiro atoms. The summed E-state index contributed by atoms with van der Waals surface area (Å²) in [6.45, 7) is 0.311. The molecule has 3 atom stereocenters. The topological polar surface area (TPSA) is 178 Å². The molecule has 0 aliphatic carbocycles. The molecule has 3 aromatic heterocycles. The van der Waals surface area contributed by atoms with Crippen LogP contribution in [0.4, 0.5) is 0 Å². The van der Waals surface area contributed by atoms with Gasteiger partial charge in [0.15, 0.2) is 0 Å². The molecule has 0 saturated carbocycles. The second kappa shape index (κ2) is 10.6. The molecule has 1 aliphatic heterocycles. The number of pyridine rings is 1. The lowest BCUT2D eigenvalue weighted by Gasteiger charge is -2.22. The fourth-order valence-electron chi connectivity index (χ4n) is 4.05. The predicted molar refractivity (Wildman–Crippen MR) is 132 cm³/mol. The number of likely N-dealkylation sites (N-methyl/N-ethyl adjacent to an activating group) is 1. The lowest BCUT2D eigenvalue weighted by molar-refractivity contribution is -0.123. The first-order valence-corrected chi connectivity index (χ1v) is 12.4. The summed E-state index contributed by atoms with van der Waals surface area (Å²) in [6.07, 6.45) is 3.74. The highest BCUT2D eigenvalue weighted by molar-refractivity contribution is 7.09. The third-order valence-corrected chi connectivity index (χ3v) is 6.99. The molecule has 4 heterocycles. The number of hydrogen-bond donors (Lipinski definition) is 4. The zero-order valence-corrected chi connectivity index (χ0v) is 20.9. The van der Waals surface area contributed by atoms with E-state index < -0.39 is 29.8 Å². The number of amides is 4. The Morgan fingerprint density at radius 1 is 1.22 bits per heavy atom. The van der Waals surface area contributed by atoms with Gasteiger partial charge in [0, 0.05) is 43.8 Å². The van der Waals surface area contributed by atoms with Crippen molar-refractivity contribution in [3.05, 3.63) is 51.3 Å². The number of fused-ring (bicyclic) bond motifs is 1. The van der Waals surface area contributed by atoms with E-state index in [1.54, 1.807) is 39.2 Å². The zero-order valence-electron chi connectivity index (χ0n) is 19.3. The normalized spacial score (nSPS) is 18.2. The van der Waals surface area contributed by atoms with Crippen LogP contribution in [0.25, 0.3) is 5.65 Å². The van der Waals surface area contributed by atoms with Gasteiger partial charge in [0.2, 0.25) is 11.8 Å². The molecule has 4 rings (SSSR count). The van der Waals surface area contributed by atoms with E-state index in [1.807, 2.05) is 0 Å². The fourth-order valence-corrected chi connectivity index (χ4v) is 5.14. The molecule has 0 aromatic carbocycles. The molecule has 36 heavy (non-hydrogen) atoms. The van der Waals surface area contributed by atoms with E-state index in [2.05, 4.69) is 20.6 Å². The minimum atomic E-state index is -0.943. The number of rotatable bonds is 8. The highest BCUT2D eigenvalue weighted by atomic mass is 35.5. The average molecular weight is 533 g/mol. The Balaban J connectivity index is 1.51. The lowest BCUT2D eigenvalue weighted by atomic mass is 10.1. The smallest absolute Gasteiger partial charge is 0.274 e. The van der Waals surface area contributed by atoms with Crippen LogP contribution in [0.3, 0.4) is 0 Å². The predicted octanol–water partition coefficient (Wildman–Crippen LogP) is 0.469. The summed E-state index contributed by atoms with van der Waals surface area (Å²) in [5.41, 5.74) is 12.3. The van der Waals surface area contributed by atoms with Gasteiger partial charge in [-0.25, -0.2) is 9.97 Å². The van der Waals surface area contributed by atoms with Crippen LogP contribution in [0, 0.1) is 0 Å². The third kappa shape index (κ3) is 5.48. The number of halogens is 1. The number of imidazole rings is 1. The molecule has 0 unspecified atom stereocenters. The number of aromatic nitrogens is 3. The Bertz CT molecular complexity index is 1320. The van der Waals surface area contributed by atoms with Crippen LogP contribution < -0.4 is 22.1 Å². The molecule has 1 fully saturated rings. The standard InChI is InChI=1S/C22H25ClN8O4S/c1-26-19(33)13(3-4-17(25)32)28-20(34)15-10-36-21(29-15)16-6-12(24)8-31(16)22(35)14-9-30-7-11(23)2-5-18(30)27-14/h2,5,7,9-10,12-13,16H,3-4,6,8,24H2,1H3,(H2,25,32)(H,26,33)(H,28,34)/t12-,13+,16+/m1/s1. The van der Waals surface area contributed by atoms with E-state index in [4.69, 9.17) is 23.1 Å². The molecular formula is C22H25ClN8O4S. The summed E-state index contributed by atoms with van der Waals surface area (Å²) < 4.78 is 1.67. The summed E-state index contributed by atoms with van der Waals surface area (Å²) in [5, 5.41) is 7.65. The third-order valence-electron chi connectivity index (χ3n) is 5.82. The van der Waals surface area contributed by atoms with Crippen LogP contribution >= 0.6 is 22.9 Å². The quantitative estimate of drug-likeness (QED) is 0.325. The maximum absolute atomic E-state index is 13.3. The first kappa shape index (κ1) is 25.5. The Morgan fingerprint density at radius 3 is 2.72 bits per heavy atom. The Hall–Kier alpha value is -3.55. The van der Waals surface area contributed by atoms with Crippen LogP contribution in [-0.2, 0) is 9.59 Å². The average Bonchev–Trinajstić information content (AvgIpc) is 3.58. The number of likely N-dealkylation sites (tertiary alicyclic amines) is 1. The Labute approximate surface area is 215 Å². The molecule has 1 aliphatic rings. The number of primary amides is 1. The number of nitrogens with one attached hydrogen (secondary N) is 2. The molecule has 3 aromatic rings. The first-order valence-electron chi connectivity index (χ1n) is 11.1. The largest absolute Gasteiger partial charge is 0.370 e. The second-order valence-electron chi connectivity index (χ2n) is 8.42. The maximum atomic E-state index is 13.3. The zero-order chi connectivity index (χ0) is 26.0. The fraction of sp³-hybridized carbons (Fsp3) is 0.364. The van der Waals surface area contributed by atoms with Gasteiger partial charge in [0.1, 0.15) is 28.1 Å². The summed E-state index contributed by atoms with van der Waals surface area (Å²) in [7, 11) is 1.43. The highest BCUT2D eigenvalue weighted by Gasteiger charge is 2.38. The number of nitrogens with two attached hydrogens (primary N) is 2. The lowest BCUT2D eigenvalue weighted by Crippen LogP contribution is -2.46. The Kier molecular flexibility index (Phi) is 7.52. The highest BCUT2D eigenvalue weighted by Crippen LogP contribution is 2.34. The number of thiazole rings is 1. The van der Waals surface area contributed by atoms with E-state index >= 15 is 0 Å². The van der Waals surface area contributed by atoms with E-state index in [0.717, 1.165) is 0 Å². The molecule has 190 valence electrons. The maximum Gasteiger partial charge on any atom is 0.274 e. The summed E-state index contributed by atoms with van der Waals surface area (Å²) in [5.74, 6) is -1.91. The molecule has 12 nitrogen and oxygen atoms in total. The SMILES string of the molecule is CNC(=O)[C@H](CCC(N)=O)NC(=O)c1csc([C@@H]2C[C@@H](N)CN2C(=O)c2cn3cc(Cl)ccc3n2)n1. The Morgan fingerprint density at radius 2 is 2.00 bits per heavy atom. The van der Waals surface area contributed by atoms with Gasteiger partial charge in [-0.05, 0) is 25.0 Å². The van der Waals surface area contributed by atoms with Crippen LogP contribution in [0.2, 0.25) is 5.02 Å². The van der Waals surface area contributed by atoms with Gasteiger partial charge < -0.3 is 31.4 Å². The van der Waals surface area contributed by atoms with Gasteiger partial charge in [-0.1, -0.05) is 11.6 Å². The van der Waals surface area contributed by atoms with E-state index in [0.29, 0.717) is 28.6 Å². The number of nitrogens with zero attached hydrogens (tertiary/aromatic N) is 4. The summed E-state index contributed by atoms with van der Waals surface area (Å²) in [4.78, 5) is 59.8. The van der Waals surface area contributed by atoms with Crippen molar-refractivity contribution in [2.45, 2.75) is 37.4 Å². The van der Waals surface area contributed by atoms with Crippen molar-refractivity contribution < 1.29 is 19.2 Å². The van der Waals surface area contributed by atoms with Crippen molar-refractivity contribution in [3.63, 3.8) is 0 Å². The number of carbonyl (C=O) groups excluding carboxylic acids is 4. The summed E-state index contributed by atoms with van der Waals surface area (Å²) >= 11 is 7.25. The van der Waals surface area contributed by atoms with Gasteiger partial charge in [0.25, 0.3) is 11.8 Å². The van der Waals surface area contributed by atoms with E-state index in [-0.39, 0.29) is 36.2 Å². The van der Waals surface area contributed by atoms with Gasteiger partial charge in [-0.15, -0.1) is 11.3 Å². The number of carbonyl (C=O) groups is 4. The van der Waals surface area contributed by atoms with Crippen molar-refractivity contribution in [1.82, 2.24) is 29.9 Å². The van der Waals surface area contributed by atoms with Crippen LogP contribution in [0.1, 0.15) is 51.3 Å². The number of hydrogen-bond acceptors (Lipinski definition) is 8. The second-order valence-corrected chi connectivity index (χ2v) is 9.75. The van der Waals surface area contributed by atoms with Crippen molar-refractivity contribution in [2.24, 2.45) is 11.5 Å². The molecule has 1 saturated heterocycles. The van der Waals surface area contributed by atoms with Crippen LogP contribution in [0.5, 0.6) is 0 Å². The van der Waals surface area contributed by atoms with E-state index in [1.165, 1.54) is 18.4 Å². The van der Waals surface area contributed by atoms with Gasteiger partial charge in [-0.3, -0.25) is 19.2 Å². The van der Waals surface area contributed by atoms with Gasteiger partial charge in [-0.2, -0.15) is 0 Å². The first-order chi connectivity index (χ1) is 17.2. The van der Waals surface area contributed by atoms with Crippen LogP contribution in [-0.4, -0.2) is 68.6 Å². The monoisotopic (exact) mass is 532 g/mol. The molecular weight excluding hydrogens is 508 g/mol. The van der Waals surface area contributed by atoms with Crippen molar-refractivity contribution in [2.75, 3.05) is 13.6 Å². The molecule has 14 heteroatoms. The minimum Gasteiger partial charge on any atom is -0.370 e. The van der Waals surface area contributed by atoms with Gasteiger partial charge in [0.05, 0.1) is 11.1 Å². The molecule has 6 N–H and O–H groups in total. The van der Waals surface area contributed by atoms with E-state index in [9.17, 15) is 19.2 Å². The van der Waals surface area contributed by atoms with Crippen molar-refractivity contribution in [1.29, 1.82) is 0 Å². The molecule has 4 amide bonds. The molecule has 0 radical (unpaired) electrons. The minimum absolute atomic E-state index is 0.0573.